The fraction of sp³-hybridized carbons (Fsp3) is 0.538. The van der Waals surface area contributed by atoms with Crippen molar-refractivity contribution in [3.05, 3.63) is 35.4 Å². The summed E-state index contributed by atoms with van der Waals surface area (Å²) in [5.41, 5.74) is 7.47. The van der Waals surface area contributed by atoms with Gasteiger partial charge in [0, 0.05) is 26.3 Å². The zero-order valence-electron chi connectivity index (χ0n) is 11.4. The highest BCUT2D eigenvalue weighted by Crippen LogP contribution is 2.14. The fourth-order valence-electron chi connectivity index (χ4n) is 1.73. The first-order valence-corrected chi connectivity index (χ1v) is 7.91. The van der Waals surface area contributed by atoms with Crippen molar-refractivity contribution < 1.29 is 13.2 Å². The molecule has 19 heavy (non-hydrogen) atoms. The van der Waals surface area contributed by atoms with Crippen molar-refractivity contribution in [2.75, 3.05) is 19.5 Å². The smallest absolute Gasteiger partial charge is 0.212 e. The number of hydrogen-bond acceptors (Lipinski definition) is 4. The summed E-state index contributed by atoms with van der Waals surface area (Å²) in [6.45, 7) is 2.75. The van der Waals surface area contributed by atoms with Crippen LogP contribution in [0.25, 0.3) is 0 Å². The van der Waals surface area contributed by atoms with Gasteiger partial charge in [0.2, 0.25) is 10.0 Å². The molecule has 0 saturated carbocycles. The summed E-state index contributed by atoms with van der Waals surface area (Å²) >= 11 is 0. The molecule has 0 aliphatic rings. The van der Waals surface area contributed by atoms with Crippen molar-refractivity contribution >= 4 is 10.0 Å². The van der Waals surface area contributed by atoms with E-state index < -0.39 is 10.0 Å². The van der Waals surface area contributed by atoms with Crippen LogP contribution in [0.1, 0.15) is 30.5 Å². The molecule has 0 aliphatic heterocycles. The standard InChI is InChI=1S/C13H22N2O3S/c1-11(13-6-4-12(10-14)5-7-13)15-19(16,17)9-3-8-18-2/h4-7,11,15H,3,8-10,14H2,1-2H3. The quantitative estimate of drug-likeness (QED) is 0.703. The van der Waals surface area contributed by atoms with Crippen LogP contribution >= 0.6 is 0 Å². The number of nitrogens with one attached hydrogen (secondary N) is 1. The van der Waals surface area contributed by atoms with Crippen LogP contribution in [-0.4, -0.2) is 27.9 Å². The van der Waals surface area contributed by atoms with Crippen molar-refractivity contribution in [2.45, 2.75) is 25.9 Å². The van der Waals surface area contributed by atoms with Gasteiger partial charge in [-0.2, -0.15) is 0 Å². The molecule has 3 N–H and O–H groups in total. The van der Waals surface area contributed by atoms with Crippen molar-refractivity contribution in [3.8, 4) is 0 Å². The first-order valence-electron chi connectivity index (χ1n) is 6.26. The summed E-state index contributed by atoms with van der Waals surface area (Å²) < 4.78 is 31.2. The fourth-order valence-corrected chi connectivity index (χ4v) is 3.02. The van der Waals surface area contributed by atoms with E-state index in [2.05, 4.69) is 4.72 Å². The van der Waals surface area contributed by atoms with Gasteiger partial charge in [-0.3, -0.25) is 0 Å². The van der Waals surface area contributed by atoms with Gasteiger partial charge in [-0.15, -0.1) is 0 Å². The summed E-state index contributed by atoms with van der Waals surface area (Å²) in [4.78, 5) is 0. The number of sulfonamides is 1. The van der Waals surface area contributed by atoms with Crippen LogP contribution in [0.3, 0.4) is 0 Å². The molecule has 1 aromatic carbocycles. The van der Waals surface area contributed by atoms with Gasteiger partial charge >= 0.3 is 0 Å². The molecule has 6 heteroatoms. The molecule has 5 nitrogen and oxygen atoms in total. The first kappa shape index (κ1) is 16.1. The summed E-state index contributed by atoms with van der Waals surface area (Å²) in [6.07, 6.45) is 0.491. The Balaban J connectivity index is 2.59. The molecule has 1 rings (SSSR count). The second-order valence-electron chi connectivity index (χ2n) is 4.45. The van der Waals surface area contributed by atoms with E-state index >= 15 is 0 Å². The molecule has 0 aromatic heterocycles. The highest BCUT2D eigenvalue weighted by Gasteiger charge is 2.15. The second kappa shape index (κ2) is 7.59. The average Bonchev–Trinajstić information content (AvgIpc) is 2.38. The summed E-state index contributed by atoms with van der Waals surface area (Å²) in [5.74, 6) is 0.0755. The predicted molar refractivity (Wildman–Crippen MR) is 76.2 cm³/mol. The van der Waals surface area contributed by atoms with Crippen LogP contribution in [0, 0.1) is 0 Å². The zero-order valence-corrected chi connectivity index (χ0v) is 12.2. The Bertz CT molecular complexity index is 471. The highest BCUT2D eigenvalue weighted by molar-refractivity contribution is 7.89. The van der Waals surface area contributed by atoms with Crippen molar-refractivity contribution in [2.24, 2.45) is 5.73 Å². The number of benzene rings is 1. The highest BCUT2D eigenvalue weighted by atomic mass is 32.2. The largest absolute Gasteiger partial charge is 0.385 e. The molecule has 0 amide bonds. The van der Waals surface area contributed by atoms with Crippen LogP contribution in [0.4, 0.5) is 0 Å². The molecule has 0 fully saturated rings. The minimum Gasteiger partial charge on any atom is -0.385 e. The summed E-state index contributed by atoms with van der Waals surface area (Å²) in [7, 11) is -1.71. The van der Waals surface area contributed by atoms with E-state index in [0.717, 1.165) is 11.1 Å². The van der Waals surface area contributed by atoms with Gasteiger partial charge < -0.3 is 10.5 Å². The normalized spacial score (nSPS) is 13.4. The lowest BCUT2D eigenvalue weighted by Gasteiger charge is -2.15. The van der Waals surface area contributed by atoms with E-state index in [1.807, 2.05) is 31.2 Å². The maximum Gasteiger partial charge on any atom is 0.212 e. The van der Waals surface area contributed by atoms with E-state index in [4.69, 9.17) is 10.5 Å². The minimum absolute atomic E-state index is 0.0755. The maximum absolute atomic E-state index is 11.8. The van der Waals surface area contributed by atoms with Gasteiger partial charge in [0.25, 0.3) is 0 Å². The van der Waals surface area contributed by atoms with Gasteiger partial charge in [0.05, 0.1) is 5.75 Å². The van der Waals surface area contributed by atoms with Gasteiger partial charge in [0.15, 0.2) is 0 Å². The first-order chi connectivity index (χ1) is 8.98. The Hall–Kier alpha value is -0.950. The molecule has 0 spiro atoms. The van der Waals surface area contributed by atoms with Gasteiger partial charge in [-0.1, -0.05) is 24.3 Å². The molecule has 0 bridgehead atoms. The lowest BCUT2D eigenvalue weighted by molar-refractivity contribution is 0.199. The number of ether oxygens (including phenoxy) is 1. The van der Waals surface area contributed by atoms with E-state index in [-0.39, 0.29) is 11.8 Å². The number of hydrogen-bond donors (Lipinski definition) is 2. The average molecular weight is 286 g/mol. The lowest BCUT2D eigenvalue weighted by atomic mass is 10.1. The van der Waals surface area contributed by atoms with Crippen LogP contribution < -0.4 is 10.5 Å². The van der Waals surface area contributed by atoms with Crippen molar-refractivity contribution in [3.63, 3.8) is 0 Å². The number of nitrogens with two attached hydrogens (primary N) is 1. The molecular formula is C13H22N2O3S. The van der Waals surface area contributed by atoms with Crippen molar-refractivity contribution in [1.82, 2.24) is 4.72 Å². The summed E-state index contributed by atoms with van der Waals surface area (Å²) in [6, 6.07) is 7.35. The maximum atomic E-state index is 11.8. The molecule has 0 aliphatic carbocycles. The number of rotatable bonds is 8. The van der Waals surface area contributed by atoms with Crippen molar-refractivity contribution in [1.29, 1.82) is 0 Å². The van der Waals surface area contributed by atoms with Gasteiger partial charge in [0.1, 0.15) is 0 Å². The third-order valence-electron chi connectivity index (χ3n) is 2.83. The Morgan fingerprint density at radius 3 is 2.47 bits per heavy atom. The molecule has 0 heterocycles. The van der Waals surface area contributed by atoms with E-state index in [0.29, 0.717) is 19.6 Å². The molecule has 1 atom stereocenters. The van der Waals surface area contributed by atoms with Crippen LogP contribution in [0.2, 0.25) is 0 Å². The molecule has 108 valence electrons. The second-order valence-corrected chi connectivity index (χ2v) is 6.32. The topological polar surface area (TPSA) is 81.4 Å². The monoisotopic (exact) mass is 286 g/mol. The van der Waals surface area contributed by atoms with E-state index in [1.54, 1.807) is 7.11 Å². The molecule has 0 radical (unpaired) electrons. The Kier molecular flexibility index (Phi) is 6.44. The third kappa shape index (κ3) is 5.69. The van der Waals surface area contributed by atoms with Crippen LogP contribution in [0.5, 0.6) is 0 Å². The SMILES string of the molecule is COCCCS(=O)(=O)NC(C)c1ccc(CN)cc1. The Labute approximate surface area is 115 Å². The zero-order chi connectivity index (χ0) is 14.3. The number of methoxy groups -OCH3 is 1. The van der Waals surface area contributed by atoms with E-state index in [9.17, 15) is 8.42 Å². The predicted octanol–water partition coefficient (Wildman–Crippen LogP) is 1.16. The van der Waals surface area contributed by atoms with Crippen LogP contribution in [-0.2, 0) is 21.3 Å². The Morgan fingerprint density at radius 2 is 1.95 bits per heavy atom. The lowest BCUT2D eigenvalue weighted by Crippen LogP contribution is -2.29. The molecule has 1 unspecified atom stereocenters. The van der Waals surface area contributed by atoms with Gasteiger partial charge in [-0.05, 0) is 24.5 Å². The van der Waals surface area contributed by atoms with Gasteiger partial charge in [-0.25, -0.2) is 13.1 Å². The summed E-state index contributed by atoms with van der Waals surface area (Å²) in [5, 5.41) is 0. The molecular weight excluding hydrogens is 264 g/mol. The molecule has 0 saturated heterocycles. The van der Waals surface area contributed by atoms with E-state index in [1.165, 1.54) is 0 Å². The van der Waals surface area contributed by atoms with Crippen LogP contribution in [0.15, 0.2) is 24.3 Å². The Morgan fingerprint density at radius 1 is 1.32 bits per heavy atom. The molecule has 1 aromatic rings. The minimum atomic E-state index is -3.27. The third-order valence-corrected chi connectivity index (χ3v) is 4.37.